The Labute approximate surface area is 161 Å². The van der Waals surface area contributed by atoms with Crippen LogP contribution in [0.4, 0.5) is 0 Å². The first-order valence-corrected chi connectivity index (χ1v) is 9.79. The molecule has 2 fully saturated rings. The Morgan fingerprint density at radius 1 is 0.926 bits per heavy atom. The number of likely N-dealkylation sites (tertiary alicyclic amines) is 2. The first kappa shape index (κ1) is 17.8. The van der Waals surface area contributed by atoms with E-state index >= 15 is 0 Å². The standard InChI is InChI=1S/C23H25N3O/c24-16-20-10-4-5-11-21(20)18-26-15-7-13-23(26)12-6-14-25(22(23)27)17-19-8-2-1-3-9-19/h1-5,8-11H,6-7,12-15,17-18H2. The van der Waals surface area contributed by atoms with E-state index in [4.69, 9.17) is 0 Å². The van der Waals surface area contributed by atoms with Crippen LogP contribution in [-0.4, -0.2) is 34.3 Å². The van der Waals surface area contributed by atoms with Gasteiger partial charge < -0.3 is 4.90 Å². The van der Waals surface area contributed by atoms with E-state index in [1.54, 1.807) is 0 Å². The lowest BCUT2D eigenvalue weighted by Gasteiger charge is -2.45. The normalized spacial score (nSPS) is 22.9. The molecular formula is C23H25N3O. The Bertz CT molecular complexity index is 857. The van der Waals surface area contributed by atoms with Gasteiger partial charge in [0.2, 0.25) is 5.91 Å². The average Bonchev–Trinajstić information content (AvgIpc) is 3.10. The van der Waals surface area contributed by atoms with E-state index in [0.717, 1.165) is 44.3 Å². The van der Waals surface area contributed by atoms with Crippen LogP contribution < -0.4 is 0 Å². The predicted octanol–water partition coefficient (Wildman–Crippen LogP) is 3.72. The van der Waals surface area contributed by atoms with Crippen LogP contribution in [-0.2, 0) is 17.9 Å². The number of piperidine rings is 1. The van der Waals surface area contributed by atoms with Gasteiger partial charge in [-0.05, 0) is 49.4 Å². The summed E-state index contributed by atoms with van der Waals surface area (Å²) in [5, 5.41) is 9.41. The van der Waals surface area contributed by atoms with Crippen LogP contribution in [0.5, 0.6) is 0 Å². The minimum absolute atomic E-state index is 0.268. The Morgan fingerprint density at radius 3 is 2.41 bits per heavy atom. The van der Waals surface area contributed by atoms with Gasteiger partial charge in [0.25, 0.3) is 0 Å². The van der Waals surface area contributed by atoms with Crippen molar-refractivity contribution >= 4 is 5.91 Å². The summed E-state index contributed by atoms with van der Waals surface area (Å²) in [7, 11) is 0. The van der Waals surface area contributed by atoms with Crippen LogP contribution in [0.25, 0.3) is 0 Å². The number of nitrogens with zero attached hydrogens (tertiary/aromatic N) is 3. The van der Waals surface area contributed by atoms with Crippen molar-refractivity contribution in [1.82, 2.24) is 9.80 Å². The molecule has 138 valence electrons. The van der Waals surface area contributed by atoms with Gasteiger partial charge in [-0.3, -0.25) is 9.69 Å². The summed E-state index contributed by atoms with van der Waals surface area (Å²) >= 11 is 0. The second kappa shape index (κ2) is 7.54. The first-order valence-electron chi connectivity index (χ1n) is 9.79. The first-order chi connectivity index (χ1) is 13.2. The van der Waals surface area contributed by atoms with Gasteiger partial charge in [-0.1, -0.05) is 48.5 Å². The summed E-state index contributed by atoms with van der Waals surface area (Å²) in [6.45, 7) is 3.11. The van der Waals surface area contributed by atoms with E-state index in [1.165, 1.54) is 5.56 Å². The molecule has 4 nitrogen and oxygen atoms in total. The van der Waals surface area contributed by atoms with Crippen molar-refractivity contribution < 1.29 is 4.79 Å². The maximum Gasteiger partial charge on any atom is 0.243 e. The van der Waals surface area contributed by atoms with Crippen molar-refractivity contribution in [3.63, 3.8) is 0 Å². The third-order valence-corrected chi connectivity index (χ3v) is 6.04. The molecule has 0 radical (unpaired) electrons. The third-order valence-electron chi connectivity index (χ3n) is 6.04. The van der Waals surface area contributed by atoms with Gasteiger partial charge in [0.15, 0.2) is 0 Å². The molecular weight excluding hydrogens is 334 g/mol. The minimum Gasteiger partial charge on any atom is -0.337 e. The molecule has 0 N–H and O–H groups in total. The zero-order chi connectivity index (χ0) is 18.7. The van der Waals surface area contributed by atoms with Crippen molar-refractivity contribution in [1.29, 1.82) is 5.26 Å². The number of hydrogen-bond donors (Lipinski definition) is 0. The number of hydrogen-bond acceptors (Lipinski definition) is 3. The molecule has 1 unspecified atom stereocenters. The zero-order valence-corrected chi connectivity index (χ0v) is 15.6. The molecule has 1 amide bonds. The number of nitriles is 1. The van der Waals surface area contributed by atoms with E-state index < -0.39 is 5.54 Å². The summed E-state index contributed by atoms with van der Waals surface area (Å²) in [5.74, 6) is 0.268. The fraction of sp³-hybridized carbons (Fsp3) is 0.391. The van der Waals surface area contributed by atoms with Crippen molar-refractivity contribution in [3.8, 4) is 6.07 Å². The molecule has 2 aromatic rings. The fourth-order valence-corrected chi connectivity index (χ4v) is 4.68. The maximum absolute atomic E-state index is 13.5. The van der Waals surface area contributed by atoms with Gasteiger partial charge in [-0.15, -0.1) is 0 Å². The van der Waals surface area contributed by atoms with E-state index in [2.05, 4.69) is 23.1 Å². The monoisotopic (exact) mass is 359 g/mol. The van der Waals surface area contributed by atoms with Crippen LogP contribution in [0, 0.1) is 11.3 Å². The van der Waals surface area contributed by atoms with E-state index in [-0.39, 0.29) is 5.91 Å². The van der Waals surface area contributed by atoms with Crippen LogP contribution in [0.3, 0.4) is 0 Å². The number of benzene rings is 2. The highest BCUT2D eigenvalue weighted by Crippen LogP contribution is 2.39. The Hall–Kier alpha value is -2.64. The van der Waals surface area contributed by atoms with Crippen molar-refractivity contribution in [3.05, 3.63) is 71.3 Å². The zero-order valence-electron chi connectivity index (χ0n) is 15.6. The molecule has 0 saturated carbocycles. The quantitative estimate of drug-likeness (QED) is 0.836. The lowest BCUT2D eigenvalue weighted by atomic mass is 9.84. The van der Waals surface area contributed by atoms with Crippen LogP contribution in [0.2, 0.25) is 0 Å². The Balaban J connectivity index is 1.56. The summed E-state index contributed by atoms with van der Waals surface area (Å²) in [6.07, 6.45) is 3.92. The summed E-state index contributed by atoms with van der Waals surface area (Å²) in [4.78, 5) is 17.9. The van der Waals surface area contributed by atoms with Crippen LogP contribution >= 0.6 is 0 Å². The smallest absolute Gasteiger partial charge is 0.243 e. The van der Waals surface area contributed by atoms with Gasteiger partial charge in [0.05, 0.1) is 11.6 Å². The maximum atomic E-state index is 13.5. The molecule has 0 aliphatic carbocycles. The molecule has 2 aromatic carbocycles. The number of rotatable bonds is 4. The molecule has 2 aliphatic rings. The SMILES string of the molecule is N#Cc1ccccc1CN1CCCC12CCCN(Cc1ccccc1)C2=O. The molecule has 1 spiro atoms. The summed E-state index contributed by atoms with van der Waals surface area (Å²) < 4.78 is 0. The fourth-order valence-electron chi connectivity index (χ4n) is 4.68. The molecule has 1 atom stereocenters. The molecule has 0 bridgehead atoms. The summed E-state index contributed by atoms with van der Waals surface area (Å²) in [6, 6.07) is 20.3. The second-order valence-electron chi connectivity index (χ2n) is 7.64. The molecule has 4 rings (SSSR count). The number of amides is 1. The molecule has 2 saturated heterocycles. The van der Waals surface area contributed by atoms with Gasteiger partial charge in [0, 0.05) is 19.6 Å². The predicted molar refractivity (Wildman–Crippen MR) is 105 cm³/mol. The Morgan fingerprint density at radius 2 is 1.63 bits per heavy atom. The Kier molecular flexibility index (Phi) is 4.96. The molecule has 2 heterocycles. The molecule has 27 heavy (non-hydrogen) atoms. The molecule has 0 aromatic heterocycles. The lowest BCUT2D eigenvalue weighted by molar-refractivity contribution is -0.148. The highest BCUT2D eigenvalue weighted by molar-refractivity contribution is 5.87. The average molecular weight is 359 g/mol. The minimum atomic E-state index is -0.393. The molecule has 2 aliphatic heterocycles. The third kappa shape index (κ3) is 3.36. The highest BCUT2D eigenvalue weighted by atomic mass is 16.2. The number of carbonyl (C=O) groups is 1. The largest absolute Gasteiger partial charge is 0.337 e. The lowest BCUT2D eigenvalue weighted by Crippen LogP contribution is -2.59. The second-order valence-corrected chi connectivity index (χ2v) is 7.64. The topological polar surface area (TPSA) is 47.3 Å². The van der Waals surface area contributed by atoms with Crippen LogP contribution in [0.1, 0.15) is 42.4 Å². The highest BCUT2D eigenvalue weighted by Gasteiger charge is 2.50. The van der Waals surface area contributed by atoms with Gasteiger partial charge in [-0.25, -0.2) is 0 Å². The summed E-state index contributed by atoms with van der Waals surface area (Å²) in [5.41, 5.74) is 2.52. The van der Waals surface area contributed by atoms with E-state index in [1.807, 2.05) is 47.4 Å². The van der Waals surface area contributed by atoms with Crippen molar-refractivity contribution in [2.24, 2.45) is 0 Å². The van der Waals surface area contributed by atoms with Gasteiger partial charge in [0.1, 0.15) is 5.54 Å². The van der Waals surface area contributed by atoms with E-state index in [9.17, 15) is 10.1 Å². The van der Waals surface area contributed by atoms with Gasteiger partial charge in [-0.2, -0.15) is 5.26 Å². The van der Waals surface area contributed by atoms with Crippen LogP contribution in [0.15, 0.2) is 54.6 Å². The van der Waals surface area contributed by atoms with Crippen molar-refractivity contribution in [2.45, 2.75) is 44.3 Å². The van der Waals surface area contributed by atoms with Gasteiger partial charge >= 0.3 is 0 Å². The van der Waals surface area contributed by atoms with Crippen molar-refractivity contribution in [2.75, 3.05) is 13.1 Å². The van der Waals surface area contributed by atoms with E-state index in [0.29, 0.717) is 18.7 Å². The number of carbonyl (C=O) groups excluding carboxylic acids is 1. The molecule has 4 heteroatoms.